The number of ether oxygens (including phenoxy) is 1. The van der Waals surface area contributed by atoms with Crippen molar-refractivity contribution in [1.82, 2.24) is 8.52 Å². The first-order chi connectivity index (χ1) is 9.54. The Balaban J connectivity index is 0.00000220. The van der Waals surface area contributed by atoms with E-state index in [1.807, 2.05) is 0 Å². The quantitative estimate of drug-likeness (QED) is 0.825. The van der Waals surface area contributed by atoms with Crippen LogP contribution in [0.5, 0.6) is 5.75 Å². The highest BCUT2D eigenvalue weighted by molar-refractivity contribution is 7.03. The van der Waals surface area contributed by atoms with Crippen LogP contribution in [0.3, 0.4) is 0 Å². The Hall–Kier alpha value is -1.28. The van der Waals surface area contributed by atoms with Crippen LogP contribution in [0.1, 0.15) is 6.42 Å². The van der Waals surface area contributed by atoms with Gasteiger partial charge in [0, 0.05) is 24.6 Å². The van der Waals surface area contributed by atoms with E-state index in [0.717, 1.165) is 22.5 Å². The van der Waals surface area contributed by atoms with Gasteiger partial charge in [-0.3, -0.25) is 9.36 Å². The molecule has 0 saturated heterocycles. The molecule has 2 N–H and O–H groups in total. The largest absolute Gasteiger partial charge is 0.493 e. The summed E-state index contributed by atoms with van der Waals surface area (Å²) in [4.78, 5) is 23.1. The fourth-order valence-electron chi connectivity index (χ4n) is 1.56. The summed E-state index contributed by atoms with van der Waals surface area (Å²) in [7, 11) is 1.42. The van der Waals surface area contributed by atoms with Crippen molar-refractivity contribution in [2.24, 2.45) is 12.8 Å². The Morgan fingerprint density at radius 3 is 2.67 bits per heavy atom. The zero-order valence-corrected chi connectivity index (χ0v) is 13.6. The molecule has 0 spiro atoms. The number of rotatable bonds is 5. The Morgan fingerprint density at radius 2 is 2.10 bits per heavy atom. The maximum Gasteiger partial charge on any atom is 0.345 e. The molecule has 0 aliphatic carbocycles. The Bertz CT molecular complexity index is 723. The highest BCUT2D eigenvalue weighted by Crippen LogP contribution is 2.25. The van der Waals surface area contributed by atoms with Crippen LogP contribution in [-0.2, 0) is 7.05 Å². The molecule has 0 amide bonds. The fourth-order valence-corrected chi connectivity index (χ4v) is 2.62. The summed E-state index contributed by atoms with van der Waals surface area (Å²) in [5.41, 5.74) is 5.40. The molecule has 1 heterocycles. The Morgan fingerprint density at radius 1 is 1.38 bits per heavy atom. The molecule has 9 heteroatoms. The van der Waals surface area contributed by atoms with Gasteiger partial charge in [-0.25, -0.2) is 8.75 Å². The number of benzene rings is 1. The lowest BCUT2D eigenvalue weighted by atomic mass is 10.3. The molecule has 21 heavy (non-hydrogen) atoms. The van der Waals surface area contributed by atoms with Gasteiger partial charge in [0.15, 0.2) is 0 Å². The lowest BCUT2D eigenvalue weighted by Gasteiger charge is -2.08. The van der Waals surface area contributed by atoms with Crippen LogP contribution in [0.15, 0.2) is 27.8 Å². The van der Waals surface area contributed by atoms with E-state index in [0.29, 0.717) is 29.6 Å². The smallest absolute Gasteiger partial charge is 0.345 e. The predicted octanol–water partition coefficient (Wildman–Crippen LogP) is 1.40. The summed E-state index contributed by atoms with van der Waals surface area (Å²) >= 11 is 6.88. The van der Waals surface area contributed by atoms with E-state index in [-0.39, 0.29) is 17.3 Å². The van der Waals surface area contributed by atoms with E-state index in [9.17, 15) is 9.59 Å². The van der Waals surface area contributed by atoms with E-state index >= 15 is 0 Å². The van der Waals surface area contributed by atoms with Crippen molar-refractivity contribution in [2.45, 2.75) is 6.42 Å². The van der Waals surface area contributed by atoms with Crippen molar-refractivity contribution >= 4 is 35.5 Å². The maximum atomic E-state index is 11.9. The summed E-state index contributed by atoms with van der Waals surface area (Å²) < 4.78 is 7.79. The van der Waals surface area contributed by atoms with Crippen molar-refractivity contribution in [3.63, 3.8) is 0 Å². The molecule has 1 aromatic heterocycles. The average molecular weight is 352 g/mol. The van der Waals surface area contributed by atoms with Gasteiger partial charge in [0.1, 0.15) is 5.75 Å². The third kappa shape index (κ3) is 3.88. The molecule has 0 atom stereocenters. The topological polar surface area (TPSA) is 79.2 Å². The molecule has 2 rings (SSSR count). The van der Waals surface area contributed by atoms with Gasteiger partial charge in [-0.15, -0.1) is 12.4 Å². The van der Waals surface area contributed by atoms with Crippen molar-refractivity contribution < 1.29 is 4.74 Å². The second-order valence-electron chi connectivity index (χ2n) is 4.10. The van der Waals surface area contributed by atoms with Crippen molar-refractivity contribution in [2.75, 3.05) is 13.2 Å². The fraction of sp³-hybridized carbons (Fsp3) is 0.333. The summed E-state index contributed by atoms with van der Waals surface area (Å²) in [5, 5.41) is 0.375. The minimum Gasteiger partial charge on any atom is -0.493 e. The molecule has 0 aliphatic rings. The van der Waals surface area contributed by atoms with Gasteiger partial charge in [0.05, 0.1) is 17.3 Å². The Labute approximate surface area is 136 Å². The van der Waals surface area contributed by atoms with Crippen LogP contribution < -0.4 is 21.0 Å². The highest BCUT2D eigenvalue weighted by atomic mass is 35.5. The van der Waals surface area contributed by atoms with E-state index in [4.69, 9.17) is 22.1 Å². The first-order valence-electron chi connectivity index (χ1n) is 5.96. The normalized spacial score (nSPS) is 10.2. The van der Waals surface area contributed by atoms with E-state index in [1.54, 1.807) is 18.2 Å². The van der Waals surface area contributed by atoms with Gasteiger partial charge < -0.3 is 10.5 Å². The standard InChI is InChI=1S/C12H14ClN3O3S.ClH/c1-15-11(17)16(20-12(15)18)10-7-8(3-4-9(10)13)19-6-2-5-14;/h3-4,7H,2,5-6,14H2,1H3;1H. The number of hydrogen-bond donors (Lipinski definition) is 1. The minimum absolute atomic E-state index is 0. The Kier molecular flexibility index (Phi) is 6.47. The molecule has 0 saturated carbocycles. The van der Waals surface area contributed by atoms with Crippen LogP contribution in [0, 0.1) is 0 Å². The minimum atomic E-state index is -0.430. The summed E-state index contributed by atoms with van der Waals surface area (Å²) in [6.45, 7) is 1.03. The van der Waals surface area contributed by atoms with Crippen LogP contribution in [0.2, 0.25) is 5.02 Å². The van der Waals surface area contributed by atoms with Crippen LogP contribution in [-0.4, -0.2) is 21.7 Å². The average Bonchev–Trinajstić information content (AvgIpc) is 2.69. The zero-order chi connectivity index (χ0) is 14.7. The summed E-state index contributed by atoms with van der Waals surface area (Å²) in [6, 6.07) is 4.97. The van der Waals surface area contributed by atoms with Gasteiger partial charge in [0.2, 0.25) is 0 Å². The van der Waals surface area contributed by atoms with E-state index < -0.39 is 5.69 Å². The number of aromatic nitrogens is 2. The lowest BCUT2D eigenvalue weighted by molar-refractivity contribution is 0.313. The monoisotopic (exact) mass is 351 g/mol. The molecule has 6 nitrogen and oxygen atoms in total. The molecule has 0 aliphatic heterocycles. The van der Waals surface area contributed by atoms with Crippen molar-refractivity contribution in [3.8, 4) is 11.4 Å². The molecular formula is C12H15Cl2N3O3S. The van der Waals surface area contributed by atoms with E-state index in [1.165, 1.54) is 11.0 Å². The molecule has 116 valence electrons. The summed E-state index contributed by atoms with van der Waals surface area (Å²) in [6.07, 6.45) is 0.733. The van der Waals surface area contributed by atoms with Gasteiger partial charge in [-0.05, 0) is 25.1 Å². The van der Waals surface area contributed by atoms with Crippen LogP contribution in [0.4, 0.5) is 0 Å². The number of hydrogen-bond acceptors (Lipinski definition) is 5. The molecule has 0 fully saturated rings. The van der Waals surface area contributed by atoms with Gasteiger partial charge in [-0.2, -0.15) is 0 Å². The second-order valence-corrected chi connectivity index (χ2v) is 5.40. The lowest BCUT2D eigenvalue weighted by Crippen LogP contribution is -2.25. The molecular weight excluding hydrogens is 337 g/mol. The zero-order valence-electron chi connectivity index (χ0n) is 11.2. The van der Waals surface area contributed by atoms with Crippen LogP contribution >= 0.6 is 35.5 Å². The number of nitrogens with zero attached hydrogens (tertiary/aromatic N) is 2. The maximum absolute atomic E-state index is 11.9. The van der Waals surface area contributed by atoms with Gasteiger partial charge in [-0.1, -0.05) is 11.6 Å². The molecule has 1 aromatic carbocycles. The predicted molar refractivity (Wildman–Crippen MR) is 86.6 cm³/mol. The molecule has 2 aromatic rings. The summed E-state index contributed by atoms with van der Waals surface area (Å²) in [5.74, 6) is 0.577. The first kappa shape index (κ1) is 17.8. The SMILES string of the molecule is Cl.Cn1c(=O)sn(-c2cc(OCCCN)ccc2Cl)c1=O. The number of halogens is 2. The van der Waals surface area contributed by atoms with Crippen LogP contribution in [0.25, 0.3) is 5.69 Å². The van der Waals surface area contributed by atoms with Gasteiger partial charge in [0.25, 0.3) is 0 Å². The van der Waals surface area contributed by atoms with Crippen molar-refractivity contribution in [3.05, 3.63) is 43.4 Å². The first-order valence-corrected chi connectivity index (χ1v) is 7.12. The molecule has 0 bridgehead atoms. The second kappa shape index (κ2) is 7.65. The molecule has 0 radical (unpaired) electrons. The molecule has 0 unspecified atom stereocenters. The third-order valence-corrected chi connectivity index (χ3v) is 3.94. The van der Waals surface area contributed by atoms with E-state index in [2.05, 4.69) is 0 Å². The van der Waals surface area contributed by atoms with Crippen molar-refractivity contribution in [1.29, 1.82) is 0 Å². The van der Waals surface area contributed by atoms with Gasteiger partial charge >= 0.3 is 10.6 Å². The highest BCUT2D eigenvalue weighted by Gasteiger charge is 2.12. The third-order valence-electron chi connectivity index (χ3n) is 2.66. The number of nitrogens with two attached hydrogens (primary N) is 1.